The molecule has 1 aromatic carbocycles. The number of nitrogens with zero attached hydrogens (tertiary/aromatic N) is 2. The molecule has 0 saturated carbocycles. The molecule has 25 heavy (non-hydrogen) atoms. The van der Waals surface area contributed by atoms with Gasteiger partial charge in [-0.1, -0.05) is 31.2 Å². The van der Waals surface area contributed by atoms with Gasteiger partial charge in [0, 0.05) is 11.5 Å². The maximum atomic E-state index is 11.7. The minimum Gasteiger partial charge on any atom is -0.466 e. The quantitative estimate of drug-likeness (QED) is 0.382. The lowest BCUT2D eigenvalue weighted by Crippen LogP contribution is -2.43. The maximum Gasteiger partial charge on any atom is 0.331 e. The number of carbonyl (C=O) groups is 2. The van der Waals surface area contributed by atoms with E-state index in [1.807, 2.05) is 12.1 Å². The Morgan fingerprint density at radius 3 is 2.68 bits per heavy atom. The van der Waals surface area contributed by atoms with Crippen LogP contribution < -0.4 is 5.32 Å². The van der Waals surface area contributed by atoms with E-state index < -0.39 is 11.9 Å². The average molecular weight is 359 g/mol. The second-order valence-electron chi connectivity index (χ2n) is 5.91. The number of benzene rings is 1. The first-order chi connectivity index (χ1) is 12.0. The Morgan fingerprint density at radius 1 is 1.36 bits per heavy atom. The van der Waals surface area contributed by atoms with Gasteiger partial charge in [0.2, 0.25) is 0 Å². The summed E-state index contributed by atoms with van der Waals surface area (Å²) in [6.07, 6.45) is 2.72. The molecule has 130 valence electrons. The molecule has 2 saturated heterocycles. The highest BCUT2D eigenvalue weighted by atomic mass is 32.2. The van der Waals surface area contributed by atoms with Gasteiger partial charge in [-0.05, 0) is 22.9 Å². The summed E-state index contributed by atoms with van der Waals surface area (Å²) in [5, 5.41) is 10.8. The first-order valence-electron chi connectivity index (χ1n) is 7.58. The van der Waals surface area contributed by atoms with Crippen LogP contribution in [-0.2, 0) is 24.5 Å². The number of ether oxygens (including phenoxy) is 2. The first-order valence-corrected chi connectivity index (χ1v) is 8.40. The van der Waals surface area contributed by atoms with Crippen molar-refractivity contribution in [2.45, 2.75) is 12.3 Å². The number of hydrogen-bond acceptors (Lipinski definition) is 7. The number of carbonyl (C=O) groups excluding carboxylic acids is 2. The van der Waals surface area contributed by atoms with Crippen molar-refractivity contribution in [3.8, 4) is 0 Å². The summed E-state index contributed by atoms with van der Waals surface area (Å²) in [5.74, 6) is -0.988. The van der Waals surface area contributed by atoms with Gasteiger partial charge in [0.05, 0.1) is 31.4 Å². The number of nitrogens with one attached hydrogen (secondary N) is 1. The third-order valence-corrected chi connectivity index (χ3v) is 4.81. The molecule has 0 unspecified atom stereocenters. The van der Waals surface area contributed by atoms with Crippen LogP contribution in [0.1, 0.15) is 18.1 Å². The van der Waals surface area contributed by atoms with E-state index in [9.17, 15) is 9.59 Å². The van der Waals surface area contributed by atoms with E-state index in [4.69, 9.17) is 4.74 Å². The second-order valence-corrected chi connectivity index (χ2v) is 6.94. The predicted octanol–water partition coefficient (Wildman–Crippen LogP) is 1.58. The number of hydrogen-bond donors (Lipinski definition) is 1. The SMILES string of the molecule is COC(=O)/C=C1/S/C(=N\N=Cc2ccc(C3(C)COC3)cc2)NC1=O. The fourth-order valence-electron chi connectivity index (χ4n) is 2.34. The molecule has 0 aliphatic carbocycles. The third-order valence-electron chi connectivity index (χ3n) is 3.91. The summed E-state index contributed by atoms with van der Waals surface area (Å²) in [6, 6.07) is 8.04. The van der Waals surface area contributed by atoms with Crippen molar-refractivity contribution in [2.24, 2.45) is 10.2 Å². The van der Waals surface area contributed by atoms with Crippen LogP contribution in [0, 0.1) is 0 Å². The third kappa shape index (κ3) is 3.97. The molecule has 2 heterocycles. The van der Waals surface area contributed by atoms with Gasteiger partial charge in [-0.3, -0.25) is 10.1 Å². The largest absolute Gasteiger partial charge is 0.466 e. The summed E-state index contributed by atoms with van der Waals surface area (Å²) >= 11 is 1.04. The monoisotopic (exact) mass is 359 g/mol. The van der Waals surface area contributed by atoms with Crippen molar-refractivity contribution in [3.63, 3.8) is 0 Å². The standard InChI is InChI=1S/C17H17N3O4S/c1-17(9-24-10-17)12-5-3-11(4-6-12)8-18-20-16-19-15(22)13(25-16)7-14(21)23-2/h3-8H,9-10H2,1-2H3,(H,19,20,22)/b13-7+,18-8?. The molecule has 1 N–H and O–H groups in total. The lowest BCUT2D eigenvalue weighted by Gasteiger charge is -2.38. The normalized spacial score (nSPS) is 22.2. The Hall–Kier alpha value is -2.45. The van der Waals surface area contributed by atoms with Crippen LogP contribution >= 0.6 is 11.8 Å². The molecule has 0 aromatic heterocycles. The predicted molar refractivity (Wildman–Crippen MR) is 95.5 cm³/mol. The Kier molecular flexibility index (Phi) is 5.00. The summed E-state index contributed by atoms with van der Waals surface area (Å²) in [7, 11) is 1.25. The fraction of sp³-hybridized carbons (Fsp3) is 0.294. The molecule has 0 bridgehead atoms. The van der Waals surface area contributed by atoms with Gasteiger partial charge < -0.3 is 9.47 Å². The Labute approximate surface area is 149 Å². The van der Waals surface area contributed by atoms with Crippen molar-refractivity contribution in [1.29, 1.82) is 0 Å². The second kappa shape index (κ2) is 7.20. The van der Waals surface area contributed by atoms with E-state index in [1.54, 1.807) is 6.21 Å². The van der Waals surface area contributed by atoms with Gasteiger partial charge in [0.25, 0.3) is 5.91 Å². The van der Waals surface area contributed by atoms with Gasteiger partial charge in [-0.2, -0.15) is 5.10 Å². The Morgan fingerprint density at radius 2 is 2.08 bits per heavy atom. The minimum atomic E-state index is -0.590. The Bertz CT molecular complexity index is 780. The minimum absolute atomic E-state index is 0.100. The molecule has 1 aromatic rings. The molecule has 0 radical (unpaired) electrons. The number of methoxy groups -OCH3 is 1. The van der Waals surface area contributed by atoms with Crippen LogP contribution in [0.5, 0.6) is 0 Å². The van der Waals surface area contributed by atoms with E-state index in [2.05, 4.69) is 39.3 Å². The van der Waals surface area contributed by atoms with Crippen molar-refractivity contribution in [1.82, 2.24) is 5.32 Å². The lowest BCUT2D eigenvalue weighted by molar-refractivity contribution is -0.135. The zero-order valence-corrected chi connectivity index (χ0v) is 14.6. The molecule has 8 heteroatoms. The highest BCUT2D eigenvalue weighted by molar-refractivity contribution is 8.18. The first kappa shape index (κ1) is 17.4. The number of esters is 1. The van der Waals surface area contributed by atoms with Gasteiger partial charge in [0.15, 0.2) is 5.17 Å². The molecule has 2 aliphatic heterocycles. The van der Waals surface area contributed by atoms with E-state index >= 15 is 0 Å². The van der Waals surface area contributed by atoms with Crippen LogP contribution in [0.15, 0.2) is 45.4 Å². The zero-order valence-electron chi connectivity index (χ0n) is 13.8. The lowest BCUT2D eigenvalue weighted by atomic mass is 9.81. The summed E-state index contributed by atoms with van der Waals surface area (Å²) in [4.78, 5) is 23.1. The maximum absolute atomic E-state index is 11.7. The van der Waals surface area contributed by atoms with Crippen LogP contribution in [0.2, 0.25) is 0 Å². The summed E-state index contributed by atoms with van der Waals surface area (Å²) < 4.78 is 9.77. The molecule has 3 rings (SSSR count). The molecular formula is C17H17N3O4S. The van der Waals surface area contributed by atoms with Crippen molar-refractivity contribution in [2.75, 3.05) is 20.3 Å². The van der Waals surface area contributed by atoms with Gasteiger partial charge in [-0.15, -0.1) is 5.10 Å². The van der Waals surface area contributed by atoms with Crippen LogP contribution in [0.25, 0.3) is 0 Å². The van der Waals surface area contributed by atoms with E-state index in [-0.39, 0.29) is 10.3 Å². The Balaban J connectivity index is 1.63. The van der Waals surface area contributed by atoms with Crippen LogP contribution in [0.3, 0.4) is 0 Å². The molecular weight excluding hydrogens is 342 g/mol. The zero-order chi connectivity index (χ0) is 17.9. The van der Waals surface area contributed by atoms with Gasteiger partial charge in [0.1, 0.15) is 0 Å². The molecule has 7 nitrogen and oxygen atoms in total. The molecule has 1 amide bonds. The van der Waals surface area contributed by atoms with Crippen molar-refractivity contribution < 1.29 is 19.1 Å². The molecule has 0 atom stereocenters. The van der Waals surface area contributed by atoms with Crippen LogP contribution in [0.4, 0.5) is 0 Å². The van der Waals surface area contributed by atoms with Gasteiger partial charge >= 0.3 is 5.97 Å². The molecule has 2 aliphatic rings. The number of rotatable bonds is 4. The average Bonchev–Trinajstić information content (AvgIpc) is 2.92. The highest BCUT2D eigenvalue weighted by Crippen LogP contribution is 2.31. The van der Waals surface area contributed by atoms with Crippen LogP contribution in [-0.4, -0.2) is 43.6 Å². The van der Waals surface area contributed by atoms with Gasteiger partial charge in [-0.25, -0.2) is 4.79 Å². The topological polar surface area (TPSA) is 89.3 Å². The fourth-order valence-corrected chi connectivity index (χ4v) is 3.07. The van der Waals surface area contributed by atoms with Crippen molar-refractivity contribution in [3.05, 3.63) is 46.4 Å². The smallest absolute Gasteiger partial charge is 0.331 e. The summed E-state index contributed by atoms with van der Waals surface area (Å²) in [5.41, 5.74) is 2.23. The number of thioether (sulfide) groups is 1. The molecule has 2 fully saturated rings. The van der Waals surface area contributed by atoms with Crippen molar-refractivity contribution >= 4 is 35.0 Å². The summed E-state index contributed by atoms with van der Waals surface area (Å²) in [6.45, 7) is 3.66. The highest BCUT2D eigenvalue weighted by Gasteiger charge is 2.34. The molecule has 0 spiro atoms. The van der Waals surface area contributed by atoms with E-state index in [0.717, 1.165) is 36.6 Å². The van der Waals surface area contributed by atoms with E-state index in [1.165, 1.54) is 12.7 Å². The number of amides is 1. The number of amidine groups is 1. The van der Waals surface area contributed by atoms with E-state index in [0.29, 0.717) is 5.17 Å².